The molecule has 0 spiro atoms. The zero-order chi connectivity index (χ0) is 15.6. The number of amides is 1. The molecule has 1 aromatic heterocycles. The van der Waals surface area contributed by atoms with Crippen LogP contribution in [0.3, 0.4) is 0 Å². The fourth-order valence-electron chi connectivity index (χ4n) is 1.46. The Balaban J connectivity index is 2.34. The molecule has 21 heavy (non-hydrogen) atoms. The number of carbonyl (C=O) groups excluding carboxylic acids is 1. The summed E-state index contributed by atoms with van der Waals surface area (Å²) in [5.41, 5.74) is -2.82. The first-order valence-electron chi connectivity index (χ1n) is 5.23. The van der Waals surface area contributed by atoms with Crippen molar-refractivity contribution in [3.05, 3.63) is 45.8 Å². The van der Waals surface area contributed by atoms with Crippen molar-refractivity contribution in [2.24, 2.45) is 0 Å². The lowest BCUT2D eigenvalue weighted by Gasteiger charge is -2.10. The number of nitrogens with one attached hydrogen (secondary N) is 1. The highest BCUT2D eigenvalue weighted by atomic mass is 32.1. The highest BCUT2D eigenvalue weighted by molar-refractivity contribution is 6.99. The lowest BCUT2D eigenvalue weighted by atomic mass is 10.1. The Morgan fingerprint density at radius 1 is 1.38 bits per heavy atom. The highest BCUT2D eigenvalue weighted by Gasteiger charge is 2.38. The molecular weight excluding hydrogens is 313 g/mol. The van der Waals surface area contributed by atoms with E-state index in [1.54, 1.807) is 0 Å². The molecule has 1 N–H and O–H groups in total. The Bertz CT molecular complexity index is 687. The van der Waals surface area contributed by atoms with E-state index in [0.717, 1.165) is 24.0 Å². The lowest BCUT2D eigenvalue weighted by molar-refractivity contribution is -0.388. The number of nitro benzene ring substituents is 1. The number of alkyl halides is 3. The van der Waals surface area contributed by atoms with Gasteiger partial charge in [0.25, 0.3) is 11.6 Å². The Morgan fingerprint density at radius 2 is 2.10 bits per heavy atom. The number of hydrogen-bond acceptors (Lipinski definition) is 6. The van der Waals surface area contributed by atoms with E-state index >= 15 is 0 Å². The normalized spacial score (nSPS) is 11.2. The molecule has 1 amide bonds. The number of rotatable bonds is 3. The van der Waals surface area contributed by atoms with E-state index < -0.39 is 28.3 Å². The summed E-state index contributed by atoms with van der Waals surface area (Å²) in [6, 6.07) is 2.18. The lowest BCUT2D eigenvalue weighted by Crippen LogP contribution is -2.14. The third-order valence-corrected chi connectivity index (χ3v) is 2.83. The van der Waals surface area contributed by atoms with E-state index in [0.29, 0.717) is 12.1 Å². The van der Waals surface area contributed by atoms with Crippen LogP contribution >= 0.6 is 11.7 Å². The SMILES string of the molecule is O=C(Nc1ccc([N+](=O)[O-])c(C(F)(F)F)c1)c1cnsn1. The van der Waals surface area contributed by atoms with E-state index in [2.05, 4.69) is 14.1 Å². The molecule has 0 fully saturated rings. The summed E-state index contributed by atoms with van der Waals surface area (Å²) in [4.78, 5) is 21.1. The van der Waals surface area contributed by atoms with Crippen LogP contribution in [0.2, 0.25) is 0 Å². The van der Waals surface area contributed by atoms with Crippen molar-refractivity contribution in [3.63, 3.8) is 0 Å². The maximum absolute atomic E-state index is 12.8. The molecule has 0 saturated carbocycles. The second-order valence-corrected chi connectivity index (χ2v) is 4.29. The molecule has 2 rings (SSSR count). The number of benzene rings is 1. The fourth-order valence-corrected chi connectivity index (χ4v) is 1.87. The molecule has 11 heteroatoms. The first kappa shape index (κ1) is 14.8. The molecule has 110 valence electrons. The Morgan fingerprint density at radius 3 is 2.62 bits per heavy atom. The predicted molar refractivity (Wildman–Crippen MR) is 66.0 cm³/mol. The van der Waals surface area contributed by atoms with Crippen LogP contribution in [0, 0.1) is 10.1 Å². The van der Waals surface area contributed by atoms with Crippen molar-refractivity contribution >= 4 is 29.0 Å². The van der Waals surface area contributed by atoms with Gasteiger partial charge in [0.2, 0.25) is 0 Å². The quantitative estimate of drug-likeness (QED) is 0.693. The maximum Gasteiger partial charge on any atom is 0.423 e. The summed E-state index contributed by atoms with van der Waals surface area (Å²) in [6.07, 6.45) is -3.76. The van der Waals surface area contributed by atoms with E-state index in [1.807, 2.05) is 0 Å². The van der Waals surface area contributed by atoms with Gasteiger partial charge in [0, 0.05) is 11.8 Å². The molecule has 0 radical (unpaired) electrons. The number of hydrogen-bond donors (Lipinski definition) is 1. The predicted octanol–water partition coefficient (Wildman–Crippen LogP) is 2.72. The second kappa shape index (κ2) is 5.44. The summed E-state index contributed by atoms with van der Waals surface area (Å²) in [5.74, 6) is -0.759. The van der Waals surface area contributed by atoms with Crippen molar-refractivity contribution in [1.82, 2.24) is 8.75 Å². The van der Waals surface area contributed by atoms with Crippen LogP contribution in [0.4, 0.5) is 24.5 Å². The van der Waals surface area contributed by atoms with Gasteiger partial charge in [-0.2, -0.15) is 21.9 Å². The van der Waals surface area contributed by atoms with Crippen LogP contribution in [0.15, 0.2) is 24.4 Å². The standard InChI is InChI=1S/C10H5F3N4O3S/c11-10(12,13)6-3-5(1-2-8(6)17(19)20)15-9(18)7-4-14-21-16-7/h1-4H,(H,15,18). The van der Waals surface area contributed by atoms with E-state index in [1.165, 1.54) is 0 Å². The monoisotopic (exact) mass is 318 g/mol. The maximum atomic E-state index is 12.8. The number of aromatic nitrogens is 2. The van der Waals surface area contributed by atoms with Crippen molar-refractivity contribution in [1.29, 1.82) is 0 Å². The Kier molecular flexibility index (Phi) is 3.84. The largest absolute Gasteiger partial charge is 0.423 e. The first-order chi connectivity index (χ1) is 9.79. The molecule has 0 unspecified atom stereocenters. The molecule has 0 atom stereocenters. The second-order valence-electron chi connectivity index (χ2n) is 3.73. The van der Waals surface area contributed by atoms with Gasteiger partial charge in [0.05, 0.1) is 22.8 Å². The van der Waals surface area contributed by atoms with Crippen molar-refractivity contribution in [2.45, 2.75) is 6.18 Å². The summed E-state index contributed by atoms with van der Waals surface area (Å²) in [7, 11) is 0. The third kappa shape index (κ3) is 3.31. The molecule has 1 heterocycles. The zero-order valence-electron chi connectivity index (χ0n) is 9.92. The van der Waals surface area contributed by atoms with Crippen molar-refractivity contribution in [2.75, 3.05) is 5.32 Å². The average molecular weight is 318 g/mol. The van der Waals surface area contributed by atoms with Gasteiger partial charge in [-0.1, -0.05) is 0 Å². The summed E-state index contributed by atoms with van der Waals surface area (Å²) in [6.45, 7) is 0. The molecule has 0 aliphatic rings. The third-order valence-electron chi connectivity index (χ3n) is 2.35. The minimum Gasteiger partial charge on any atom is -0.321 e. The van der Waals surface area contributed by atoms with Gasteiger partial charge in [-0.05, 0) is 12.1 Å². The Labute approximate surface area is 118 Å². The zero-order valence-corrected chi connectivity index (χ0v) is 10.7. The molecule has 0 bridgehead atoms. The fraction of sp³-hybridized carbons (Fsp3) is 0.100. The van der Waals surface area contributed by atoms with Gasteiger partial charge in [0.1, 0.15) is 5.56 Å². The highest BCUT2D eigenvalue weighted by Crippen LogP contribution is 2.37. The van der Waals surface area contributed by atoms with Gasteiger partial charge in [-0.25, -0.2) is 0 Å². The van der Waals surface area contributed by atoms with Gasteiger partial charge in [-0.15, -0.1) is 0 Å². The molecule has 1 aromatic carbocycles. The molecule has 0 aliphatic heterocycles. The van der Waals surface area contributed by atoms with Crippen molar-refractivity contribution < 1.29 is 22.9 Å². The summed E-state index contributed by atoms with van der Waals surface area (Å²) < 4.78 is 45.5. The topological polar surface area (TPSA) is 98.0 Å². The molecule has 0 saturated heterocycles. The van der Waals surface area contributed by atoms with E-state index in [4.69, 9.17) is 0 Å². The van der Waals surface area contributed by atoms with Crippen LogP contribution in [0.1, 0.15) is 16.1 Å². The summed E-state index contributed by atoms with van der Waals surface area (Å²) >= 11 is 0.762. The number of nitro groups is 1. The van der Waals surface area contributed by atoms with E-state index in [9.17, 15) is 28.1 Å². The van der Waals surface area contributed by atoms with Gasteiger partial charge >= 0.3 is 6.18 Å². The minimum absolute atomic E-state index is 0.0630. The number of anilines is 1. The van der Waals surface area contributed by atoms with Crippen LogP contribution in [0.25, 0.3) is 0 Å². The number of halogens is 3. The smallest absolute Gasteiger partial charge is 0.321 e. The van der Waals surface area contributed by atoms with Crippen LogP contribution in [0.5, 0.6) is 0 Å². The van der Waals surface area contributed by atoms with Gasteiger partial charge in [-0.3, -0.25) is 14.9 Å². The van der Waals surface area contributed by atoms with Crippen LogP contribution in [-0.2, 0) is 6.18 Å². The van der Waals surface area contributed by atoms with Crippen LogP contribution < -0.4 is 5.32 Å². The van der Waals surface area contributed by atoms with Gasteiger partial charge in [0.15, 0.2) is 5.69 Å². The molecular formula is C10H5F3N4O3S. The van der Waals surface area contributed by atoms with Gasteiger partial charge < -0.3 is 5.32 Å². The molecule has 7 nitrogen and oxygen atoms in total. The molecule has 2 aromatic rings. The summed E-state index contributed by atoms with van der Waals surface area (Å²) in [5, 5.41) is 12.8. The van der Waals surface area contributed by atoms with Crippen molar-refractivity contribution in [3.8, 4) is 0 Å². The molecule has 0 aliphatic carbocycles. The number of carbonyl (C=O) groups is 1. The van der Waals surface area contributed by atoms with E-state index in [-0.39, 0.29) is 11.4 Å². The minimum atomic E-state index is -4.91. The Hall–Kier alpha value is -2.56. The first-order valence-corrected chi connectivity index (χ1v) is 5.96. The average Bonchev–Trinajstić information content (AvgIpc) is 2.91. The number of nitrogens with zero attached hydrogens (tertiary/aromatic N) is 3. The van der Waals surface area contributed by atoms with Crippen LogP contribution in [-0.4, -0.2) is 19.6 Å².